The lowest BCUT2D eigenvalue weighted by Crippen LogP contribution is -2.26. The molecule has 220 valence electrons. The molecule has 9 heteroatoms. The van der Waals surface area contributed by atoms with Gasteiger partial charge in [-0.3, -0.25) is 9.36 Å². The van der Waals surface area contributed by atoms with Crippen LogP contribution in [0.15, 0.2) is 97.3 Å². The van der Waals surface area contributed by atoms with Gasteiger partial charge in [-0.2, -0.15) is 0 Å². The normalized spacial score (nSPS) is 16.5. The zero-order valence-corrected chi connectivity index (χ0v) is 24.2. The average Bonchev–Trinajstić information content (AvgIpc) is 3.69. The topological polar surface area (TPSA) is 103 Å². The molecule has 0 radical (unpaired) electrons. The summed E-state index contributed by atoms with van der Waals surface area (Å²) >= 11 is 0. The number of amides is 1. The van der Waals surface area contributed by atoms with Crippen molar-refractivity contribution in [2.24, 2.45) is 0 Å². The third kappa shape index (κ3) is 6.90. The smallest absolute Gasteiger partial charge is 0.224 e. The van der Waals surface area contributed by atoms with Gasteiger partial charge in [0.1, 0.15) is 6.23 Å². The second-order valence-corrected chi connectivity index (χ2v) is 10.8. The molecule has 2 atom stereocenters. The lowest BCUT2D eigenvalue weighted by Gasteiger charge is -2.20. The Morgan fingerprint density at radius 2 is 1.63 bits per heavy atom. The molecule has 5 aromatic rings. The van der Waals surface area contributed by atoms with Crippen molar-refractivity contribution in [3.63, 3.8) is 0 Å². The summed E-state index contributed by atoms with van der Waals surface area (Å²) < 4.78 is 13.5. The number of hydrogen-bond acceptors (Lipinski definition) is 7. The summed E-state index contributed by atoms with van der Waals surface area (Å²) in [5, 5.41) is 6.58. The Hall–Kier alpha value is -4.60. The number of hydrogen-bond donors (Lipinski definition) is 2. The number of carbonyl (C=O) groups excluding carboxylic acids is 1. The molecule has 1 saturated heterocycles. The molecule has 1 aliphatic heterocycles. The molecule has 43 heavy (non-hydrogen) atoms. The van der Waals surface area contributed by atoms with Crippen LogP contribution >= 0.6 is 0 Å². The van der Waals surface area contributed by atoms with Gasteiger partial charge in [0, 0.05) is 19.6 Å². The standard InChI is InChI=1S/C34H36N6O3/c1-42-22-27-17-18-31(43-27)40-23-37-32-33(36-20-28(25-13-7-3-8-14-25)26-15-9-4-10-16-26)38-29(39-34(32)40)21-35-30(41)19-24-11-5-2-6-12-24/h2-16,23,27-28,31H,17-22H2,1H3,(H,35,41)(H,36,38,39). The van der Waals surface area contributed by atoms with Crippen LogP contribution in [-0.4, -0.2) is 51.8 Å². The molecule has 0 spiro atoms. The lowest BCUT2D eigenvalue weighted by atomic mass is 9.91. The highest BCUT2D eigenvalue weighted by atomic mass is 16.5. The molecular weight excluding hydrogens is 540 g/mol. The Labute approximate surface area is 251 Å². The van der Waals surface area contributed by atoms with Gasteiger partial charge in [-0.25, -0.2) is 15.0 Å². The maximum Gasteiger partial charge on any atom is 0.224 e. The number of aromatic nitrogens is 4. The lowest BCUT2D eigenvalue weighted by molar-refractivity contribution is -0.120. The molecule has 3 aromatic carbocycles. The number of fused-ring (bicyclic) bond motifs is 1. The van der Waals surface area contributed by atoms with Crippen LogP contribution in [0.25, 0.3) is 11.2 Å². The minimum Gasteiger partial charge on any atom is -0.382 e. The van der Waals surface area contributed by atoms with Crippen LogP contribution in [-0.2, 0) is 27.2 Å². The van der Waals surface area contributed by atoms with Crippen molar-refractivity contribution >= 4 is 22.9 Å². The maximum atomic E-state index is 12.8. The van der Waals surface area contributed by atoms with Crippen molar-refractivity contribution in [3.8, 4) is 0 Å². The highest BCUT2D eigenvalue weighted by Crippen LogP contribution is 2.32. The van der Waals surface area contributed by atoms with E-state index >= 15 is 0 Å². The minimum atomic E-state index is -0.199. The van der Waals surface area contributed by atoms with Gasteiger partial charge in [0.05, 0.1) is 32.0 Å². The maximum absolute atomic E-state index is 12.8. The molecule has 6 rings (SSSR count). The van der Waals surface area contributed by atoms with Gasteiger partial charge in [0.25, 0.3) is 0 Å². The third-order valence-electron chi connectivity index (χ3n) is 7.74. The molecule has 1 amide bonds. The Bertz CT molecular complexity index is 1590. The van der Waals surface area contributed by atoms with Crippen LogP contribution in [0.5, 0.6) is 0 Å². The van der Waals surface area contributed by atoms with Crippen LogP contribution in [0.3, 0.4) is 0 Å². The van der Waals surface area contributed by atoms with Crippen LogP contribution in [0.4, 0.5) is 5.82 Å². The monoisotopic (exact) mass is 576 g/mol. The van der Waals surface area contributed by atoms with Crippen LogP contribution in [0.2, 0.25) is 0 Å². The van der Waals surface area contributed by atoms with Gasteiger partial charge >= 0.3 is 0 Å². The van der Waals surface area contributed by atoms with Crippen LogP contribution < -0.4 is 10.6 Å². The predicted molar refractivity (Wildman–Crippen MR) is 166 cm³/mol. The molecule has 0 bridgehead atoms. The fourth-order valence-electron chi connectivity index (χ4n) is 5.59. The van der Waals surface area contributed by atoms with E-state index in [1.807, 2.05) is 47.0 Å². The first-order valence-corrected chi connectivity index (χ1v) is 14.7. The second kappa shape index (κ2) is 13.6. The summed E-state index contributed by atoms with van der Waals surface area (Å²) in [5.41, 5.74) is 4.69. The zero-order chi connectivity index (χ0) is 29.4. The molecule has 9 nitrogen and oxygen atoms in total. The predicted octanol–water partition coefficient (Wildman–Crippen LogP) is 5.25. The molecular formula is C34H36N6O3. The average molecular weight is 577 g/mol. The van der Waals surface area contributed by atoms with Crippen molar-refractivity contribution in [2.45, 2.75) is 44.1 Å². The summed E-state index contributed by atoms with van der Waals surface area (Å²) in [6.45, 7) is 1.34. The van der Waals surface area contributed by atoms with Gasteiger partial charge in [-0.05, 0) is 29.5 Å². The first-order chi connectivity index (χ1) is 21.2. The first-order valence-electron chi connectivity index (χ1n) is 14.7. The highest BCUT2D eigenvalue weighted by molar-refractivity contribution is 5.83. The van der Waals surface area contributed by atoms with Gasteiger partial charge in [0.15, 0.2) is 22.8 Å². The number of imidazole rings is 1. The van der Waals surface area contributed by atoms with E-state index in [-0.39, 0.29) is 30.7 Å². The van der Waals surface area contributed by atoms with Gasteiger partial charge in [-0.15, -0.1) is 0 Å². The van der Waals surface area contributed by atoms with Crippen molar-refractivity contribution in [1.82, 2.24) is 24.8 Å². The summed E-state index contributed by atoms with van der Waals surface area (Å²) in [4.78, 5) is 27.2. The molecule has 2 unspecified atom stereocenters. The molecule has 1 aliphatic rings. The molecule has 2 N–H and O–H groups in total. The fraction of sp³-hybridized carbons (Fsp3) is 0.294. The minimum absolute atomic E-state index is 0.0288. The number of nitrogens with one attached hydrogen (secondary N) is 2. The number of anilines is 1. The second-order valence-electron chi connectivity index (χ2n) is 10.8. The van der Waals surface area contributed by atoms with Crippen molar-refractivity contribution in [3.05, 3.63) is 120 Å². The molecule has 1 fully saturated rings. The van der Waals surface area contributed by atoms with Gasteiger partial charge in [-0.1, -0.05) is 91.0 Å². The van der Waals surface area contributed by atoms with E-state index in [1.54, 1.807) is 13.4 Å². The fourth-order valence-corrected chi connectivity index (χ4v) is 5.59. The van der Waals surface area contributed by atoms with Crippen molar-refractivity contribution < 1.29 is 14.3 Å². The third-order valence-corrected chi connectivity index (χ3v) is 7.74. The summed E-state index contributed by atoms with van der Waals surface area (Å²) in [6, 6.07) is 30.6. The summed E-state index contributed by atoms with van der Waals surface area (Å²) in [6.07, 6.45) is 3.62. The largest absolute Gasteiger partial charge is 0.382 e. The number of ether oxygens (including phenoxy) is 2. The number of carbonyl (C=O) groups is 1. The van der Waals surface area contributed by atoms with E-state index in [1.165, 1.54) is 11.1 Å². The number of nitrogens with zero attached hydrogens (tertiary/aromatic N) is 4. The van der Waals surface area contributed by atoms with Crippen LogP contribution in [0, 0.1) is 0 Å². The number of benzene rings is 3. The molecule has 0 aliphatic carbocycles. The van der Waals surface area contributed by atoms with E-state index in [2.05, 4.69) is 59.2 Å². The highest BCUT2D eigenvalue weighted by Gasteiger charge is 2.29. The SMILES string of the molecule is COCC1CCC(n2cnc3c(NCC(c4ccccc4)c4ccccc4)nc(CNC(=O)Cc4ccccc4)nc32)O1. The van der Waals surface area contributed by atoms with E-state index < -0.39 is 0 Å². The first kappa shape index (κ1) is 28.5. The Kier molecular flexibility index (Phi) is 9.01. The van der Waals surface area contributed by atoms with Crippen molar-refractivity contribution in [2.75, 3.05) is 25.6 Å². The van der Waals surface area contributed by atoms with E-state index in [9.17, 15) is 4.79 Å². The van der Waals surface area contributed by atoms with Crippen LogP contribution in [0.1, 0.15) is 47.5 Å². The number of rotatable bonds is 12. The van der Waals surface area contributed by atoms with Gasteiger partial charge < -0.3 is 20.1 Å². The Morgan fingerprint density at radius 3 is 2.30 bits per heavy atom. The van der Waals surface area contributed by atoms with Crippen molar-refractivity contribution in [1.29, 1.82) is 0 Å². The van der Waals surface area contributed by atoms with E-state index in [4.69, 9.17) is 24.4 Å². The van der Waals surface area contributed by atoms with E-state index in [0.717, 1.165) is 18.4 Å². The molecule has 2 aromatic heterocycles. The van der Waals surface area contributed by atoms with Gasteiger partial charge in [0.2, 0.25) is 5.91 Å². The Morgan fingerprint density at radius 1 is 0.953 bits per heavy atom. The zero-order valence-electron chi connectivity index (χ0n) is 24.2. The Balaban J connectivity index is 1.28. The molecule has 3 heterocycles. The number of methoxy groups -OCH3 is 1. The van der Waals surface area contributed by atoms with E-state index in [0.29, 0.717) is 42.4 Å². The summed E-state index contributed by atoms with van der Waals surface area (Å²) in [5.74, 6) is 1.13. The molecule has 0 saturated carbocycles. The summed E-state index contributed by atoms with van der Waals surface area (Å²) in [7, 11) is 1.69. The quantitative estimate of drug-likeness (QED) is 0.209.